The number of carbonyl (C=O) groups excluding carboxylic acids is 1. The van der Waals surface area contributed by atoms with E-state index in [9.17, 15) is 4.79 Å². The van der Waals surface area contributed by atoms with Crippen LogP contribution in [0.3, 0.4) is 0 Å². The predicted molar refractivity (Wildman–Crippen MR) is 86.8 cm³/mol. The van der Waals surface area contributed by atoms with Gasteiger partial charge in [0.15, 0.2) is 0 Å². The molecule has 1 aromatic rings. The second kappa shape index (κ2) is 6.29. The third-order valence-corrected chi connectivity index (χ3v) is 5.27. The van der Waals surface area contributed by atoms with Gasteiger partial charge in [0, 0.05) is 25.0 Å². The molecule has 0 radical (unpaired) electrons. The number of ether oxygens (including phenoxy) is 1. The van der Waals surface area contributed by atoms with Crippen LogP contribution in [0.2, 0.25) is 0 Å². The lowest BCUT2D eigenvalue weighted by Gasteiger charge is -2.39. The lowest BCUT2D eigenvalue weighted by atomic mass is 9.90. The average Bonchev–Trinajstić information content (AvgIpc) is 3.34. The molecule has 22 heavy (non-hydrogen) atoms. The number of nitrogens with two attached hydrogens (primary N) is 1. The number of carbonyl (C=O) groups is 1. The first kappa shape index (κ1) is 15.3. The molecule has 1 aliphatic heterocycles. The number of rotatable bonds is 4. The third-order valence-electron chi connectivity index (χ3n) is 5.27. The molecule has 1 heterocycles. The molecule has 1 saturated carbocycles. The van der Waals surface area contributed by atoms with Crippen molar-refractivity contribution in [1.82, 2.24) is 4.90 Å². The maximum Gasteiger partial charge on any atom is 0.226 e. The molecule has 1 aromatic carbocycles. The van der Waals surface area contributed by atoms with Crippen LogP contribution in [0.1, 0.15) is 37.7 Å². The van der Waals surface area contributed by atoms with Gasteiger partial charge in [-0.3, -0.25) is 4.79 Å². The average molecular weight is 302 g/mol. The highest BCUT2D eigenvalue weighted by atomic mass is 16.5. The highest BCUT2D eigenvalue weighted by molar-refractivity contribution is 5.83. The number of amides is 1. The Bertz CT molecular complexity index is 546. The number of piperidine rings is 1. The Balaban J connectivity index is 1.69. The van der Waals surface area contributed by atoms with E-state index in [0.717, 1.165) is 25.1 Å². The Morgan fingerprint density at radius 1 is 1.45 bits per heavy atom. The van der Waals surface area contributed by atoms with Gasteiger partial charge in [0.1, 0.15) is 5.75 Å². The number of likely N-dealkylation sites (tertiary alicyclic amines) is 1. The predicted octanol–water partition coefficient (Wildman–Crippen LogP) is 2.38. The monoisotopic (exact) mass is 302 g/mol. The molecule has 1 saturated heterocycles. The zero-order valence-corrected chi connectivity index (χ0v) is 13.5. The van der Waals surface area contributed by atoms with Crippen LogP contribution in [0.25, 0.3) is 0 Å². The van der Waals surface area contributed by atoms with Crippen LogP contribution < -0.4 is 10.5 Å². The molecule has 2 N–H and O–H groups in total. The highest BCUT2D eigenvalue weighted by Gasteiger charge is 2.47. The van der Waals surface area contributed by atoms with Crippen LogP contribution in [0.4, 0.5) is 0 Å². The summed E-state index contributed by atoms with van der Waals surface area (Å²) in [5, 5.41) is 0. The summed E-state index contributed by atoms with van der Waals surface area (Å²) in [4.78, 5) is 14.9. The van der Waals surface area contributed by atoms with Crippen molar-refractivity contribution in [3.05, 3.63) is 29.8 Å². The van der Waals surface area contributed by atoms with E-state index < -0.39 is 0 Å². The Labute approximate surface area is 132 Å². The Hall–Kier alpha value is -1.55. The van der Waals surface area contributed by atoms with Gasteiger partial charge in [-0.25, -0.2) is 0 Å². The van der Waals surface area contributed by atoms with Crippen LogP contribution >= 0.6 is 0 Å². The molecule has 3 rings (SSSR count). The second-order valence-corrected chi connectivity index (χ2v) is 6.68. The van der Waals surface area contributed by atoms with Gasteiger partial charge in [-0.2, -0.15) is 0 Å². The zero-order chi connectivity index (χ0) is 15.7. The lowest BCUT2D eigenvalue weighted by molar-refractivity contribution is -0.137. The van der Waals surface area contributed by atoms with Crippen molar-refractivity contribution < 1.29 is 9.53 Å². The van der Waals surface area contributed by atoms with Crippen LogP contribution in [-0.2, 0) is 4.79 Å². The summed E-state index contributed by atoms with van der Waals surface area (Å²) in [5.41, 5.74) is 7.13. The minimum absolute atomic E-state index is 0.131. The van der Waals surface area contributed by atoms with Gasteiger partial charge in [-0.05, 0) is 48.8 Å². The fourth-order valence-corrected chi connectivity index (χ4v) is 3.80. The van der Waals surface area contributed by atoms with Crippen molar-refractivity contribution in [3.8, 4) is 5.75 Å². The molecule has 4 nitrogen and oxygen atoms in total. The number of hydrogen-bond acceptors (Lipinski definition) is 3. The first-order valence-corrected chi connectivity index (χ1v) is 8.30. The molecule has 120 valence electrons. The Morgan fingerprint density at radius 3 is 3.00 bits per heavy atom. The summed E-state index contributed by atoms with van der Waals surface area (Å²) in [7, 11) is 1.68. The quantitative estimate of drug-likeness (QED) is 0.929. The Morgan fingerprint density at radius 2 is 2.27 bits per heavy atom. The molecular formula is C18H26N2O2. The van der Waals surface area contributed by atoms with E-state index in [1.54, 1.807) is 7.11 Å². The third kappa shape index (κ3) is 2.84. The van der Waals surface area contributed by atoms with E-state index in [-0.39, 0.29) is 12.0 Å². The molecular weight excluding hydrogens is 276 g/mol. The Kier molecular flexibility index (Phi) is 4.39. The first-order chi connectivity index (χ1) is 10.7. The minimum atomic E-state index is 0.131. The van der Waals surface area contributed by atoms with Crippen LogP contribution in [-0.4, -0.2) is 37.0 Å². The van der Waals surface area contributed by atoms with Gasteiger partial charge in [0.05, 0.1) is 7.11 Å². The van der Waals surface area contributed by atoms with E-state index >= 15 is 0 Å². The summed E-state index contributed by atoms with van der Waals surface area (Å²) >= 11 is 0. The first-order valence-electron chi connectivity index (χ1n) is 8.30. The van der Waals surface area contributed by atoms with E-state index in [1.807, 2.05) is 12.1 Å². The van der Waals surface area contributed by atoms with Crippen molar-refractivity contribution in [3.63, 3.8) is 0 Å². The topological polar surface area (TPSA) is 55.6 Å². The SMILES string of the molecule is COc1cccc(C2CC2C(=O)N2CCCC(C)C2CN)c1. The maximum atomic E-state index is 12.9. The van der Waals surface area contributed by atoms with E-state index in [4.69, 9.17) is 10.5 Å². The van der Waals surface area contributed by atoms with Crippen molar-refractivity contribution in [2.75, 3.05) is 20.2 Å². The van der Waals surface area contributed by atoms with Crippen molar-refractivity contribution >= 4 is 5.91 Å². The number of hydrogen-bond donors (Lipinski definition) is 1. The normalized spacial score (nSPS) is 31.0. The summed E-state index contributed by atoms with van der Waals surface area (Å²) in [6.45, 7) is 3.65. The van der Waals surface area contributed by atoms with E-state index in [0.29, 0.717) is 24.3 Å². The molecule has 4 unspecified atom stereocenters. The molecule has 2 aliphatic rings. The van der Waals surface area contributed by atoms with Gasteiger partial charge >= 0.3 is 0 Å². The van der Waals surface area contributed by atoms with E-state index in [2.05, 4.69) is 24.0 Å². The number of methoxy groups -OCH3 is 1. The number of benzene rings is 1. The van der Waals surface area contributed by atoms with Gasteiger partial charge in [0.2, 0.25) is 5.91 Å². The van der Waals surface area contributed by atoms with Gasteiger partial charge < -0.3 is 15.4 Å². The van der Waals surface area contributed by atoms with Crippen LogP contribution in [0.5, 0.6) is 5.75 Å². The summed E-state index contributed by atoms with van der Waals surface area (Å²) in [5.74, 6) is 2.15. The van der Waals surface area contributed by atoms with Gasteiger partial charge in [-0.1, -0.05) is 19.1 Å². The maximum absolute atomic E-state index is 12.9. The number of nitrogens with zero attached hydrogens (tertiary/aromatic N) is 1. The van der Waals surface area contributed by atoms with E-state index in [1.165, 1.54) is 12.0 Å². The van der Waals surface area contributed by atoms with Crippen molar-refractivity contribution in [2.24, 2.45) is 17.6 Å². The molecule has 1 amide bonds. The smallest absolute Gasteiger partial charge is 0.226 e. The molecule has 0 aromatic heterocycles. The van der Waals surface area contributed by atoms with Crippen LogP contribution in [0.15, 0.2) is 24.3 Å². The fraction of sp³-hybridized carbons (Fsp3) is 0.611. The largest absolute Gasteiger partial charge is 0.497 e. The molecule has 0 bridgehead atoms. The van der Waals surface area contributed by atoms with Gasteiger partial charge in [-0.15, -0.1) is 0 Å². The lowest BCUT2D eigenvalue weighted by Crippen LogP contribution is -2.52. The fourth-order valence-electron chi connectivity index (χ4n) is 3.80. The molecule has 4 heteroatoms. The van der Waals surface area contributed by atoms with Crippen LogP contribution in [0, 0.1) is 11.8 Å². The molecule has 0 spiro atoms. The van der Waals surface area contributed by atoms with Gasteiger partial charge in [0.25, 0.3) is 0 Å². The summed E-state index contributed by atoms with van der Waals surface area (Å²) in [6.07, 6.45) is 3.23. The second-order valence-electron chi connectivity index (χ2n) is 6.68. The standard InChI is InChI=1S/C18H26N2O2/c1-12-5-4-8-20(17(12)11-19)18(21)16-10-15(16)13-6-3-7-14(9-13)22-2/h3,6-7,9,12,15-17H,4-5,8,10-11,19H2,1-2H3. The van der Waals surface area contributed by atoms with Crippen molar-refractivity contribution in [2.45, 2.75) is 38.1 Å². The minimum Gasteiger partial charge on any atom is -0.497 e. The highest BCUT2D eigenvalue weighted by Crippen LogP contribution is 2.49. The summed E-state index contributed by atoms with van der Waals surface area (Å²) in [6, 6.07) is 8.31. The molecule has 2 fully saturated rings. The molecule has 1 aliphatic carbocycles. The van der Waals surface area contributed by atoms with Crippen molar-refractivity contribution in [1.29, 1.82) is 0 Å². The zero-order valence-electron chi connectivity index (χ0n) is 13.5. The molecule has 4 atom stereocenters. The summed E-state index contributed by atoms with van der Waals surface area (Å²) < 4.78 is 5.28.